The molecule has 6 nitrogen and oxygen atoms in total. The van der Waals surface area contributed by atoms with Gasteiger partial charge in [-0.25, -0.2) is 17.9 Å². The molecular formula is C13H19NO5S2. The van der Waals surface area contributed by atoms with E-state index in [1.165, 1.54) is 43.1 Å². The fourth-order valence-electron chi connectivity index (χ4n) is 1.60. The maximum atomic E-state index is 12.2. The minimum atomic E-state index is -3.80. The van der Waals surface area contributed by atoms with Gasteiger partial charge in [0.25, 0.3) is 0 Å². The van der Waals surface area contributed by atoms with E-state index in [4.69, 9.17) is 0 Å². The number of thioether (sulfide) groups is 1. The van der Waals surface area contributed by atoms with Crippen molar-refractivity contribution in [2.45, 2.75) is 17.4 Å². The highest BCUT2D eigenvalue weighted by atomic mass is 32.2. The first-order chi connectivity index (χ1) is 9.72. The molecule has 118 valence electrons. The second-order valence-electron chi connectivity index (χ2n) is 4.77. The van der Waals surface area contributed by atoms with Crippen molar-refractivity contribution >= 4 is 27.8 Å². The van der Waals surface area contributed by atoms with Crippen molar-refractivity contribution < 1.29 is 23.1 Å². The molecule has 1 aromatic rings. The van der Waals surface area contributed by atoms with Gasteiger partial charge in [0.15, 0.2) is 0 Å². The molecule has 0 bridgehead atoms. The number of carbonyl (C=O) groups is 1. The van der Waals surface area contributed by atoms with Crippen LogP contribution in [0.15, 0.2) is 29.2 Å². The second kappa shape index (κ2) is 7.26. The average Bonchev–Trinajstić information content (AvgIpc) is 2.45. The molecule has 0 spiro atoms. The van der Waals surface area contributed by atoms with Gasteiger partial charge in [0.05, 0.1) is 23.2 Å². The fourth-order valence-corrected chi connectivity index (χ4v) is 3.54. The third-order valence-corrected chi connectivity index (χ3v) is 4.97. The van der Waals surface area contributed by atoms with Gasteiger partial charge >= 0.3 is 5.97 Å². The summed E-state index contributed by atoms with van der Waals surface area (Å²) in [6.45, 7) is 1.44. The lowest BCUT2D eigenvalue weighted by atomic mass is 10.1. The number of rotatable bonds is 7. The van der Waals surface area contributed by atoms with Crippen LogP contribution in [0, 0.1) is 0 Å². The fraction of sp³-hybridized carbons (Fsp3) is 0.462. The Hall–Kier alpha value is -1.09. The molecule has 0 heterocycles. The van der Waals surface area contributed by atoms with Crippen molar-refractivity contribution in [2.75, 3.05) is 25.7 Å². The molecule has 0 aliphatic carbocycles. The molecule has 1 aromatic carbocycles. The molecule has 8 heteroatoms. The molecule has 2 N–H and O–H groups in total. The van der Waals surface area contributed by atoms with Gasteiger partial charge in [0, 0.05) is 12.3 Å². The van der Waals surface area contributed by atoms with Gasteiger partial charge in [0.2, 0.25) is 10.0 Å². The highest BCUT2D eigenvalue weighted by Crippen LogP contribution is 2.14. The Morgan fingerprint density at radius 2 is 2.14 bits per heavy atom. The van der Waals surface area contributed by atoms with Gasteiger partial charge in [-0.15, -0.1) is 0 Å². The Labute approximate surface area is 128 Å². The molecule has 0 aliphatic rings. The van der Waals surface area contributed by atoms with Crippen molar-refractivity contribution in [2.24, 2.45) is 0 Å². The Morgan fingerprint density at radius 3 is 2.71 bits per heavy atom. The Kier molecular flexibility index (Phi) is 6.21. The summed E-state index contributed by atoms with van der Waals surface area (Å²) in [6, 6.07) is 5.53. The van der Waals surface area contributed by atoms with Gasteiger partial charge < -0.3 is 9.84 Å². The molecule has 1 atom stereocenters. The van der Waals surface area contributed by atoms with Crippen LogP contribution in [0.25, 0.3) is 0 Å². The van der Waals surface area contributed by atoms with Gasteiger partial charge in [-0.1, -0.05) is 6.07 Å². The van der Waals surface area contributed by atoms with E-state index >= 15 is 0 Å². The monoisotopic (exact) mass is 333 g/mol. The Balaban J connectivity index is 2.91. The lowest BCUT2D eigenvalue weighted by molar-refractivity contribution is 0.0600. The third kappa shape index (κ3) is 5.31. The zero-order valence-corrected chi connectivity index (χ0v) is 13.8. The normalized spacial score (nSPS) is 14.5. The van der Waals surface area contributed by atoms with Crippen molar-refractivity contribution in [3.05, 3.63) is 29.8 Å². The maximum absolute atomic E-state index is 12.2. The summed E-state index contributed by atoms with van der Waals surface area (Å²) in [5, 5.41) is 9.98. The van der Waals surface area contributed by atoms with Crippen LogP contribution in [0.1, 0.15) is 17.3 Å². The van der Waals surface area contributed by atoms with E-state index in [1.807, 2.05) is 6.26 Å². The molecule has 0 aromatic heterocycles. The number of hydrogen-bond donors (Lipinski definition) is 2. The summed E-state index contributed by atoms with van der Waals surface area (Å²) in [5.41, 5.74) is -0.997. The Bertz CT molecular complexity index is 598. The summed E-state index contributed by atoms with van der Waals surface area (Å²) in [7, 11) is -2.58. The average molecular weight is 333 g/mol. The van der Waals surface area contributed by atoms with E-state index in [9.17, 15) is 18.3 Å². The van der Waals surface area contributed by atoms with Crippen LogP contribution in [-0.2, 0) is 14.8 Å². The number of aliphatic hydroxyl groups is 1. The first-order valence-corrected chi connectivity index (χ1v) is 8.99. The lowest BCUT2D eigenvalue weighted by Crippen LogP contribution is -2.42. The second-order valence-corrected chi connectivity index (χ2v) is 7.41. The van der Waals surface area contributed by atoms with E-state index in [0.29, 0.717) is 5.75 Å². The zero-order valence-electron chi connectivity index (χ0n) is 12.1. The number of nitrogens with one attached hydrogen (secondary N) is 1. The number of ether oxygens (including phenoxy) is 1. The molecular weight excluding hydrogens is 314 g/mol. The SMILES string of the molecule is COC(=O)c1cccc(S(=O)(=O)NCC(C)(O)CSC)c1. The van der Waals surface area contributed by atoms with Crippen LogP contribution in [0.3, 0.4) is 0 Å². The van der Waals surface area contributed by atoms with Gasteiger partial charge in [-0.3, -0.25) is 0 Å². The number of esters is 1. The number of carbonyl (C=O) groups excluding carboxylic acids is 1. The minimum absolute atomic E-state index is 0.0506. The molecule has 1 unspecified atom stereocenters. The van der Waals surface area contributed by atoms with E-state index in [2.05, 4.69) is 9.46 Å². The van der Waals surface area contributed by atoms with Crippen molar-refractivity contribution in [3.8, 4) is 0 Å². The molecule has 0 amide bonds. The first kappa shape index (κ1) is 18.0. The smallest absolute Gasteiger partial charge is 0.337 e. The van der Waals surface area contributed by atoms with Gasteiger partial charge in [0.1, 0.15) is 0 Å². The van der Waals surface area contributed by atoms with E-state index in [1.54, 1.807) is 6.92 Å². The topological polar surface area (TPSA) is 92.7 Å². The van der Waals surface area contributed by atoms with Crippen LogP contribution in [0.5, 0.6) is 0 Å². The van der Waals surface area contributed by atoms with Crippen LogP contribution in [0.2, 0.25) is 0 Å². The predicted octanol–water partition coefficient (Wildman–Crippen LogP) is 0.866. The quantitative estimate of drug-likeness (QED) is 0.719. The van der Waals surface area contributed by atoms with Crippen molar-refractivity contribution in [1.29, 1.82) is 0 Å². The summed E-state index contributed by atoms with van der Waals surface area (Å²) >= 11 is 1.42. The highest BCUT2D eigenvalue weighted by molar-refractivity contribution is 7.98. The molecule has 1 rings (SSSR count). The van der Waals surface area contributed by atoms with Crippen LogP contribution >= 0.6 is 11.8 Å². The zero-order chi connectivity index (χ0) is 16.1. The first-order valence-electron chi connectivity index (χ1n) is 6.11. The standard InChI is InChI=1S/C13H19NO5S2/c1-13(16,9-20-3)8-14-21(17,18)11-6-4-5-10(7-11)12(15)19-2/h4-7,14,16H,8-9H2,1-3H3. The van der Waals surface area contributed by atoms with Gasteiger partial charge in [-0.2, -0.15) is 11.8 Å². The van der Waals surface area contributed by atoms with Crippen LogP contribution in [-0.4, -0.2) is 50.8 Å². The minimum Gasteiger partial charge on any atom is -0.465 e. The predicted molar refractivity (Wildman–Crippen MR) is 82.0 cm³/mol. The summed E-state index contributed by atoms with van der Waals surface area (Å²) in [5.74, 6) is -0.209. The molecule has 0 fully saturated rings. The van der Waals surface area contributed by atoms with E-state index < -0.39 is 21.6 Å². The summed E-state index contributed by atoms with van der Waals surface area (Å²) < 4.78 is 31.2. The summed E-state index contributed by atoms with van der Waals surface area (Å²) in [6.07, 6.45) is 1.82. The number of hydrogen-bond acceptors (Lipinski definition) is 6. The van der Waals surface area contributed by atoms with E-state index in [0.717, 1.165) is 0 Å². The number of sulfonamides is 1. The lowest BCUT2D eigenvalue weighted by Gasteiger charge is -2.22. The highest BCUT2D eigenvalue weighted by Gasteiger charge is 2.24. The third-order valence-electron chi connectivity index (χ3n) is 2.66. The van der Waals surface area contributed by atoms with Crippen LogP contribution in [0.4, 0.5) is 0 Å². The molecule has 0 radical (unpaired) electrons. The van der Waals surface area contributed by atoms with Crippen LogP contribution < -0.4 is 4.72 Å². The van der Waals surface area contributed by atoms with E-state index in [-0.39, 0.29) is 17.0 Å². The Morgan fingerprint density at radius 1 is 1.48 bits per heavy atom. The summed E-state index contributed by atoms with van der Waals surface area (Å²) in [4.78, 5) is 11.4. The molecule has 0 saturated carbocycles. The maximum Gasteiger partial charge on any atom is 0.337 e. The number of methoxy groups -OCH3 is 1. The largest absolute Gasteiger partial charge is 0.465 e. The molecule has 21 heavy (non-hydrogen) atoms. The van der Waals surface area contributed by atoms with Crippen molar-refractivity contribution in [3.63, 3.8) is 0 Å². The van der Waals surface area contributed by atoms with Gasteiger partial charge in [-0.05, 0) is 31.4 Å². The number of benzene rings is 1. The molecule has 0 aliphatic heterocycles. The van der Waals surface area contributed by atoms with Crippen molar-refractivity contribution in [1.82, 2.24) is 4.72 Å². The molecule has 0 saturated heterocycles.